The highest BCUT2D eigenvalue weighted by molar-refractivity contribution is 5.76. The van der Waals surface area contributed by atoms with Gasteiger partial charge in [0.25, 0.3) is 0 Å². The molecule has 5 heteroatoms. The van der Waals surface area contributed by atoms with Gasteiger partial charge >= 0.3 is 0 Å². The van der Waals surface area contributed by atoms with Crippen LogP contribution in [0.1, 0.15) is 38.5 Å². The molecule has 1 aliphatic rings. The average molecular weight is 299 g/mol. The highest BCUT2D eigenvalue weighted by Crippen LogP contribution is 2.20. The summed E-state index contributed by atoms with van der Waals surface area (Å²) in [5, 5.41) is 8.09. The number of aromatic nitrogens is 2. The first-order chi connectivity index (χ1) is 10.7. The lowest BCUT2D eigenvalue weighted by Crippen LogP contribution is -2.42. The lowest BCUT2D eigenvalue weighted by atomic mass is 10.0. The fourth-order valence-corrected chi connectivity index (χ4v) is 2.88. The molecule has 1 aromatic carbocycles. The highest BCUT2D eigenvalue weighted by Gasteiger charge is 2.23. The molecule has 1 fully saturated rings. The largest absolute Gasteiger partial charge is 0.421 e. The van der Waals surface area contributed by atoms with Crippen molar-refractivity contribution >= 4 is 5.91 Å². The van der Waals surface area contributed by atoms with Crippen LogP contribution in [-0.2, 0) is 11.2 Å². The van der Waals surface area contributed by atoms with E-state index < -0.39 is 0 Å². The smallest absolute Gasteiger partial charge is 0.247 e. The van der Waals surface area contributed by atoms with Crippen LogP contribution >= 0.6 is 0 Å². The molecule has 1 aromatic heterocycles. The molecule has 1 saturated heterocycles. The summed E-state index contributed by atoms with van der Waals surface area (Å²) in [6.07, 6.45) is 4.36. The third-order valence-corrected chi connectivity index (χ3v) is 4.16. The molecule has 0 N–H and O–H groups in total. The number of piperidine rings is 1. The molecule has 22 heavy (non-hydrogen) atoms. The van der Waals surface area contributed by atoms with E-state index in [1.54, 1.807) is 0 Å². The molecule has 2 heterocycles. The molecule has 0 aliphatic carbocycles. The topological polar surface area (TPSA) is 59.2 Å². The second kappa shape index (κ2) is 6.73. The van der Waals surface area contributed by atoms with Gasteiger partial charge in [0.05, 0.1) is 0 Å². The molecule has 5 nitrogen and oxygen atoms in total. The molecule has 1 unspecified atom stereocenters. The zero-order valence-corrected chi connectivity index (χ0v) is 12.9. The Kier molecular flexibility index (Phi) is 4.51. The monoisotopic (exact) mass is 299 g/mol. The maximum atomic E-state index is 12.3. The molecule has 116 valence electrons. The van der Waals surface area contributed by atoms with E-state index in [9.17, 15) is 4.79 Å². The average Bonchev–Trinajstić information content (AvgIpc) is 3.03. The molecule has 0 radical (unpaired) electrons. The van der Waals surface area contributed by atoms with Crippen molar-refractivity contribution < 1.29 is 9.21 Å². The van der Waals surface area contributed by atoms with Crippen molar-refractivity contribution in [3.8, 4) is 11.5 Å². The van der Waals surface area contributed by atoms with Crippen molar-refractivity contribution in [3.63, 3.8) is 0 Å². The first-order valence-corrected chi connectivity index (χ1v) is 7.91. The van der Waals surface area contributed by atoms with Gasteiger partial charge in [-0.1, -0.05) is 18.2 Å². The van der Waals surface area contributed by atoms with E-state index in [0.29, 0.717) is 30.7 Å². The number of likely N-dealkylation sites (tertiary alicyclic amines) is 1. The van der Waals surface area contributed by atoms with Gasteiger partial charge in [0, 0.05) is 31.0 Å². The summed E-state index contributed by atoms with van der Waals surface area (Å²) in [7, 11) is 0. The number of carbonyl (C=O) groups excluding carboxylic acids is 1. The number of hydrogen-bond acceptors (Lipinski definition) is 4. The van der Waals surface area contributed by atoms with Gasteiger partial charge in [-0.15, -0.1) is 10.2 Å². The van der Waals surface area contributed by atoms with E-state index >= 15 is 0 Å². The SMILES string of the molecule is CC1CCCCN1C(=O)CCc1nnc(-c2ccccc2)o1. The molecule has 1 atom stereocenters. The van der Waals surface area contributed by atoms with Crippen molar-refractivity contribution in [1.82, 2.24) is 15.1 Å². The molecular formula is C17H21N3O2. The predicted molar refractivity (Wildman–Crippen MR) is 83.1 cm³/mol. The first kappa shape index (κ1) is 14.8. The molecule has 0 spiro atoms. The highest BCUT2D eigenvalue weighted by atomic mass is 16.4. The molecular weight excluding hydrogens is 278 g/mol. The van der Waals surface area contributed by atoms with Crippen molar-refractivity contribution in [2.24, 2.45) is 0 Å². The van der Waals surface area contributed by atoms with Crippen molar-refractivity contribution in [2.45, 2.75) is 45.1 Å². The number of amides is 1. The second-order valence-corrected chi connectivity index (χ2v) is 5.80. The maximum absolute atomic E-state index is 12.3. The summed E-state index contributed by atoms with van der Waals surface area (Å²) in [5.74, 6) is 1.22. The van der Waals surface area contributed by atoms with Gasteiger partial charge < -0.3 is 9.32 Å². The maximum Gasteiger partial charge on any atom is 0.247 e. The summed E-state index contributed by atoms with van der Waals surface area (Å²) in [6.45, 7) is 3.00. The predicted octanol–water partition coefficient (Wildman–Crippen LogP) is 3.07. The van der Waals surface area contributed by atoms with E-state index in [1.165, 1.54) is 6.42 Å². The Balaban J connectivity index is 1.58. The van der Waals surface area contributed by atoms with Crippen LogP contribution in [0.5, 0.6) is 0 Å². The van der Waals surface area contributed by atoms with E-state index in [0.717, 1.165) is 24.9 Å². The fraction of sp³-hybridized carbons (Fsp3) is 0.471. The first-order valence-electron chi connectivity index (χ1n) is 7.91. The number of rotatable bonds is 4. The zero-order valence-electron chi connectivity index (χ0n) is 12.9. The molecule has 1 amide bonds. The van der Waals surface area contributed by atoms with Gasteiger partial charge in [-0.25, -0.2) is 0 Å². The Morgan fingerprint density at radius 1 is 1.27 bits per heavy atom. The number of hydrogen-bond donors (Lipinski definition) is 0. The minimum absolute atomic E-state index is 0.187. The molecule has 1 aliphatic heterocycles. The van der Waals surface area contributed by atoms with Gasteiger partial charge in [0.1, 0.15) is 0 Å². The molecule has 0 bridgehead atoms. The molecule has 3 rings (SSSR count). The Morgan fingerprint density at radius 3 is 2.86 bits per heavy atom. The molecule has 0 saturated carbocycles. The van der Waals surface area contributed by atoms with E-state index in [-0.39, 0.29) is 5.91 Å². The van der Waals surface area contributed by atoms with Crippen LogP contribution < -0.4 is 0 Å². The van der Waals surface area contributed by atoms with Gasteiger partial charge in [-0.05, 0) is 38.3 Å². The molecule has 2 aromatic rings. The summed E-state index contributed by atoms with van der Waals surface area (Å²) in [6, 6.07) is 10.0. The Labute approximate surface area is 130 Å². The van der Waals surface area contributed by atoms with Crippen LogP contribution in [0.25, 0.3) is 11.5 Å². The van der Waals surface area contributed by atoms with Crippen LogP contribution in [0.2, 0.25) is 0 Å². The van der Waals surface area contributed by atoms with Gasteiger partial charge in [0.2, 0.25) is 17.7 Å². The number of aryl methyl sites for hydroxylation is 1. The standard InChI is InChI=1S/C17H21N3O2/c1-13-7-5-6-12-20(13)16(21)11-10-15-18-19-17(22-15)14-8-3-2-4-9-14/h2-4,8-9,13H,5-7,10-12H2,1H3. The van der Waals surface area contributed by atoms with E-state index in [2.05, 4.69) is 17.1 Å². The lowest BCUT2D eigenvalue weighted by molar-refractivity contribution is -0.134. The summed E-state index contributed by atoms with van der Waals surface area (Å²) in [4.78, 5) is 14.3. The van der Waals surface area contributed by atoms with Crippen LogP contribution in [0.15, 0.2) is 34.7 Å². The number of nitrogens with zero attached hydrogens (tertiary/aromatic N) is 3. The minimum atomic E-state index is 0.187. The van der Waals surface area contributed by atoms with Crippen LogP contribution in [0, 0.1) is 0 Å². The number of carbonyl (C=O) groups is 1. The van der Waals surface area contributed by atoms with E-state index in [1.807, 2.05) is 35.2 Å². The van der Waals surface area contributed by atoms with Crippen LogP contribution in [0.3, 0.4) is 0 Å². The van der Waals surface area contributed by atoms with Crippen molar-refractivity contribution in [1.29, 1.82) is 0 Å². The minimum Gasteiger partial charge on any atom is -0.421 e. The Hall–Kier alpha value is -2.17. The second-order valence-electron chi connectivity index (χ2n) is 5.80. The summed E-state index contributed by atoms with van der Waals surface area (Å²) in [5.41, 5.74) is 0.900. The summed E-state index contributed by atoms with van der Waals surface area (Å²) < 4.78 is 5.64. The summed E-state index contributed by atoms with van der Waals surface area (Å²) >= 11 is 0. The van der Waals surface area contributed by atoms with Gasteiger partial charge in [-0.3, -0.25) is 4.79 Å². The van der Waals surface area contributed by atoms with E-state index in [4.69, 9.17) is 4.42 Å². The lowest BCUT2D eigenvalue weighted by Gasteiger charge is -2.33. The zero-order chi connectivity index (χ0) is 15.4. The quantitative estimate of drug-likeness (QED) is 0.870. The third-order valence-electron chi connectivity index (χ3n) is 4.16. The number of benzene rings is 1. The van der Waals surface area contributed by atoms with Crippen molar-refractivity contribution in [2.75, 3.05) is 6.54 Å². The van der Waals surface area contributed by atoms with Gasteiger partial charge in [-0.2, -0.15) is 0 Å². The van der Waals surface area contributed by atoms with Crippen LogP contribution in [0.4, 0.5) is 0 Å². The van der Waals surface area contributed by atoms with Gasteiger partial charge in [0.15, 0.2) is 0 Å². The van der Waals surface area contributed by atoms with Crippen molar-refractivity contribution in [3.05, 3.63) is 36.2 Å². The third kappa shape index (κ3) is 3.35. The fourth-order valence-electron chi connectivity index (χ4n) is 2.88. The Bertz CT molecular complexity index is 624. The Morgan fingerprint density at radius 2 is 2.09 bits per heavy atom. The van der Waals surface area contributed by atoms with Crippen LogP contribution in [-0.4, -0.2) is 33.6 Å². The normalized spacial score (nSPS) is 18.4.